The van der Waals surface area contributed by atoms with Gasteiger partial charge in [-0.3, -0.25) is 14.5 Å². The normalized spacial score (nSPS) is 17.4. The van der Waals surface area contributed by atoms with Crippen molar-refractivity contribution in [2.45, 2.75) is 12.6 Å². The van der Waals surface area contributed by atoms with E-state index in [4.69, 9.17) is 4.74 Å². The van der Waals surface area contributed by atoms with Crippen LogP contribution in [0.2, 0.25) is 0 Å². The molecule has 1 aliphatic rings. The average Bonchev–Trinajstić information content (AvgIpc) is 2.54. The third-order valence-electron chi connectivity index (χ3n) is 4.04. The fraction of sp³-hybridized carbons (Fsp3) is 0.294. The predicted molar refractivity (Wildman–Crippen MR) is 86.6 cm³/mol. The first-order chi connectivity index (χ1) is 11.1. The molecule has 2 N–H and O–H groups in total. The van der Waals surface area contributed by atoms with Gasteiger partial charge in [-0.05, 0) is 24.2 Å². The van der Waals surface area contributed by atoms with Gasteiger partial charge in [0, 0.05) is 19.3 Å². The van der Waals surface area contributed by atoms with Gasteiger partial charge in [0.2, 0.25) is 0 Å². The zero-order valence-electron chi connectivity index (χ0n) is 13.1. The number of methoxy groups -OCH3 is 1. The molecule has 1 amide bonds. The number of fused-ring (bicyclic) bond motifs is 1. The highest BCUT2D eigenvalue weighted by Gasteiger charge is 2.26. The molecule has 0 aliphatic carbocycles. The maximum Gasteiger partial charge on any atom is 0.264 e. The molecule has 0 radical (unpaired) electrons. The monoisotopic (exact) mass is 313 g/mol. The van der Waals surface area contributed by atoms with Crippen molar-refractivity contribution < 1.29 is 9.53 Å². The Kier molecular flexibility index (Phi) is 4.16. The van der Waals surface area contributed by atoms with Crippen molar-refractivity contribution in [3.63, 3.8) is 0 Å². The summed E-state index contributed by atoms with van der Waals surface area (Å²) in [5, 5.41) is 2.96. The molecule has 2 aromatic rings. The number of ether oxygens (including phenoxy) is 1. The maximum absolute atomic E-state index is 12.6. The molecule has 6 nitrogen and oxygen atoms in total. The van der Waals surface area contributed by atoms with Crippen LogP contribution >= 0.6 is 0 Å². The Balaban J connectivity index is 1.91. The quantitative estimate of drug-likeness (QED) is 0.896. The number of aromatic amines is 1. The Labute approximate surface area is 134 Å². The number of pyridine rings is 1. The lowest BCUT2D eigenvalue weighted by molar-refractivity contribution is 0.0917. The molecule has 0 fully saturated rings. The highest BCUT2D eigenvalue weighted by Crippen LogP contribution is 2.26. The van der Waals surface area contributed by atoms with Crippen LogP contribution in [-0.2, 0) is 6.54 Å². The van der Waals surface area contributed by atoms with Crippen molar-refractivity contribution in [2.24, 2.45) is 0 Å². The summed E-state index contributed by atoms with van der Waals surface area (Å²) >= 11 is 0. The van der Waals surface area contributed by atoms with Gasteiger partial charge in [-0.25, -0.2) is 0 Å². The molecule has 1 unspecified atom stereocenters. The molecule has 3 rings (SSSR count). The van der Waals surface area contributed by atoms with Crippen molar-refractivity contribution >= 4 is 5.91 Å². The minimum Gasteiger partial charge on any atom is -0.496 e. The van der Waals surface area contributed by atoms with Crippen LogP contribution in [0.15, 0.2) is 41.3 Å². The molecular weight excluding hydrogens is 294 g/mol. The van der Waals surface area contributed by atoms with Gasteiger partial charge in [0.25, 0.3) is 11.5 Å². The number of rotatable bonds is 3. The molecule has 1 aromatic carbocycles. The highest BCUT2D eigenvalue weighted by atomic mass is 16.5. The third-order valence-corrected chi connectivity index (χ3v) is 4.04. The lowest BCUT2D eigenvalue weighted by Gasteiger charge is -2.32. The minimum atomic E-state index is -0.459. The number of hydrogen-bond donors (Lipinski definition) is 2. The van der Waals surface area contributed by atoms with Gasteiger partial charge >= 0.3 is 0 Å². The van der Waals surface area contributed by atoms with E-state index in [1.165, 1.54) is 18.9 Å². The number of nitrogens with one attached hydrogen (secondary N) is 2. The second kappa shape index (κ2) is 6.26. The van der Waals surface area contributed by atoms with E-state index in [1.54, 1.807) is 6.07 Å². The largest absolute Gasteiger partial charge is 0.496 e. The van der Waals surface area contributed by atoms with Gasteiger partial charge in [-0.2, -0.15) is 0 Å². The molecule has 1 aromatic heterocycles. The number of likely N-dealkylation sites (N-methyl/N-ethyl adjacent to an activating group) is 1. The van der Waals surface area contributed by atoms with Crippen LogP contribution in [0.5, 0.6) is 5.75 Å². The third kappa shape index (κ3) is 2.98. The topological polar surface area (TPSA) is 74.4 Å². The van der Waals surface area contributed by atoms with Gasteiger partial charge in [0.1, 0.15) is 11.3 Å². The molecule has 1 atom stereocenters. The van der Waals surface area contributed by atoms with Crippen LogP contribution in [0.3, 0.4) is 0 Å². The number of amides is 1. The van der Waals surface area contributed by atoms with Gasteiger partial charge in [-0.1, -0.05) is 24.3 Å². The van der Waals surface area contributed by atoms with Crippen molar-refractivity contribution in [3.8, 4) is 5.75 Å². The zero-order chi connectivity index (χ0) is 16.4. The lowest BCUT2D eigenvalue weighted by Crippen LogP contribution is -2.41. The summed E-state index contributed by atoms with van der Waals surface area (Å²) in [6, 6.07) is 9.42. The molecule has 1 aliphatic heterocycles. The predicted octanol–water partition coefficient (Wildman–Crippen LogP) is 1.30. The SMILES string of the molecule is COc1cc[nH]c(=O)c1C(=O)NC1CN(C)Cc2ccccc21. The molecule has 23 heavy (non-hydrogen) atoms. The standard InChI is InChI=1S/C17H19N3O3/c1-20-9-11-5-3-4-6-12(11)13(10-20)19-17(22)15-14(23-2)7-8-18-16(15)21/h3-8,13H,9-10H2,1-2H3,(H,18,21)(H,19,22). The first kappa shape index (κ1) is 15.3. The Bertz CT molecular complexity index is 785. The van der Waals surface area contributed by atoms with E-state index in [-0.39, 0.29) is 17.4 Å². The summed E-state index contributed by atoms with van der Waals surface area (Å²) in [6.07, 6.45) is 1.46. The Morgan fingerprint density at radius 3 is 2.91 bits per heavy atom. The number of carbonyl (C=O) groups excluding carboxylic acids is 1. The fourth-order valence-electron chi connectivity index (χ4n) is 2.98. The minimum absolute atomic E-state index is 0.000655. The van der Waals surface area contributed by atoms with Gasteiger partial charge in [0.15, 0.2) is 0 Å². The Morgan fingerprint density at radius 1 is 1.35 bits per heavy atom. The van der Waals surface area contributed by atoms with Crippen molar-refractivity contribution in [3.05, 3.63) is 63.6 Å². The first-order valence-electron chi connectivity index (χ1n) is 7.43. The number of hydrogen-bond acceptors (Lipinski definition) is 4. The number of aromatic nitrogens is 1. The first-order valence-corrected chi connectivity index (χ1v) is 7.43. The Morgan fingerprint density at radius 2 is 2.13 bits per heavy atom. The van der Waals surface area contributed by atoms with Crippen LogP contribution in [0.25, 0.3) is 0 Å². The van der Waals surface area contributed by atoms with Gasteiger partial charge in [-0.15, -0.1) is 0 Å². The molecule has 0 spiro atoms. The molecule has 0 bridgehead atoms. The number of nitrogens with zero attached hydrogens (tertiary/aromatic N) is 1. The highest BCUT2D eigenvalue weighted by molar-refractivity contribution is 5.96. The van der Waals surface area contributed by atoms with Gasteiger partial charge < -0.3 is 15.0 Å². The second-order valence-electron chi connectivity index (χ2n) is 5.67. The summed E-state index contributed by atoms with van der Waals surface area (Å²) in [7, 11) is 3.44. The average molecular weight is 313 g/mol. The summed E-state index contributed by atoms with van der Waals surface area (Å²) in [5.41, 5.74) is 1.81. The van der Waals surface area contributed by atoms with Crippen molar-refractivity contribution in [1.29, 1.82) is 0 Å². The van der Waals surface area contributed by atoms with Crippen molar-refractivity contribution in [2.75, 3.05) is 20.7 Å². The van der Waals surface area contributed by atoms with E-state index in [0.29, 0.717) is 6.54 Å². The van der Waals surface area contributed by atoms with Crippen LogP contribution in [0.4, 0.5) is 0 Å². The molecule has 0 saturated carbocycles. The van der Waals surface area contributed by atoms with Gasteiger partial charge in [0.05, 0.1) is 13.2 Å². The number of carbonyl (C=O) groups is 1. The van der Waals surface area contributed by atoms with Crippen LogP contribution < -0.4 is 15.6 Å². The number of benzene rings is 1. The van der Waals surface area contributed by atoms with E-state index in [0.717, 1.165) is 12.1 Å². The lowest BCUT2D eigenvalue weighted by atomic mass is 9.95. The van der Waals surface area contributed by atoms with E-state index in [1.807, 2.05) is 25.2 Å². The molecule has 0 saturated heterocycles. The molecular formula is C17H19N3O3. The molecule has 120 valence electrons. The smallest absolute Gasteiger partial charge is 0.264 e. The van der Waals surface area contributed by atoms with Crippen LogP contribution in [0, 0.1) is 0 Å². The van der Waals surface area contributed by atoms with E-state index < -0.39 is 11.5 Å². The summed E-state index contributed by atoms with van der Waals surface area (Å²) < 4.78 is 5.14. The fourth-order valence-corrected chi connectivity index (χ4v) is 2.98. The van der Waals surface area contributed by atoms with E-state index in [9.17, 15) is 9.59 Å². The Hall–Kier alpha value is -2.60. The molecule has 6 heteroatoms. The second-order valence-corrected chi connectivity index (χ2v) is 5.67. The summed E-state index contributed by atoms with van der Waals surface area (Å²) in [4.78, 5) is 29.2. The van der Waals surface area contributed by atoms with E-state index >= 15 is 0 Å². The summed E-state index contributed by atoms with van der Waals surface area (Å²) in [5.74, 6) is -0.164. The van der Waals surface area contributed by atoms with Crippen molar-refractivity contribution in [1.82, 2.24) is 15.2 Å². The molecule has 2 heterocycles. The van der Waals surface area contributed by atoms with Crippen LogP contribution in [0.1, 0.15) is 27.5 Å². The number of H-pyrrole nitrogens is 1. The van der Waals surface area contributed by atoms with Crippen LogP contribution in [-0.4, -0.2) is 36.5 Å². The summed E-state index contributed by atoms with van der Waals surface area (Å²) in [6.45, 7) is 1.54. The maximum atomic E-state index is 12.6. The zero-order valence-corrected chi connectivity index (χ0v) is 13.1. The van der Waals surface area contributed by atoms with E-state index in [2.05, 4.69) is 21.3 Å².